The van der Waals surface area contributed by atoms with Crippen molar-refractivity contribution in [2.75, 3.05) is 0 Å². The summed E-state index contributed by atoms with van der Waals surface area (Å²) < 4.78 is 0. The zero-order valence-electron chi connectivity index (χ0n) is 10.2. The Kier molecular flexibility index (Phi) is 8.61. The number of aliphatic hydroxyl groups is 1. The van der Waals surface area contributed by atoms with Crippen LogP contribution in [0.5, 0.6) is 5.75 Å². The minimum absolute atomic E-state index is 0.0887. The van der Waals surface area contributed by atoms with Crippen LogP contribution in [0.4, 0.5) is 0 Å². The third-order valence-electron chi connectivity index (χ3n) is 2.11. The number of hydrogen-bond acceptors (Lipinski definition) is 5. The van der Waals surface area contributed by atoms with Gasteiger partial charge in [0.25, 0.3) is 0 Å². The van der Waals surface area contributed by atoms with Gasteiger partial charge >= 0.3 is 25.2 Å². The summed E-state index contributed by atoms with van der Waals surface area (Å²) >= 11 is 3.66. The van der Waals surface area contributed by atoms with Crippen molar-refractivity contribution in [1.29, 1.82) is 0 Å². The van der Waals surface area contributed by atoms with Crippen molar-refractivity contribution in [3.05, 3.63) is 29.8 Å². The molecule has 0 saturated heterocycles. The van der Waals surface area contributed by atoms with Gasteiger partial charge in [-0.25, -0.2) is 0 Å². The third kappa shape index (κ3) is 5.74. The second-order valence-electron chi connectivity index (χ2n) is 3.31. The van der Waals surface area contributed by atoms with Crippen LogP contribution in [-0.2, 0) is 15.1 Å². The van der Waals surface area contributed by atoms with E-state index in [0.717, 1.165) is 0 Å². The fourth-order valence-electron chi connectivity index (χ4n) is 0.984. The van der Waals surface area contributed by atoms with E-state index in [1.807, 2.05) is 0 Å². The van der Waals surface area contributed by atoms with Gasteiger partial charge in [0.05, 0.1) is 17.0 Å². The first kappa shape index (κ1) is 17.4. The SMILES string of the molecule is CC(=NO)C(C)=NN=C(O)c1ccccc1O.[Cl][Cu]. The molecule has 108 valence electrons. The summed E-state index contributed by atoms with van der Waals surface area (Å²) in [5, 5.41) is 37.7. The summed E-state index contributed by atoms with van der Waals surface area (Å²) in [6.07, 6.45) is 0. The fraction of sp³-hybridized carbons (Fsp3) is 0.182. The average Bonchev–Trinajstić information content (AvgIpc) is 2.46. The normalized spacial score (nSPS) is 12.8. The van der Waals surface area contributed by atoms with Gasteiger partial charge in [-0.1, -0.05) is 17.3 Å². The third-order valence-corrected chi connectivity index (χ3v) is 2.11. The molecule has 6 nitrogen and oxygen atoms in total. The molecule has 0 aromatic heterocycles. The van der Waals surface area contributed by atoms with E-state index in [1.165, 1.54) is 12.1 Å². The maximum atomic E-state index is 9.59. The molecule has 1 aromatic carbocycles. The molecular weight excluding hydrogens is 321 g/mol. The number of aromatic hydroxyl groups is 1. The first-order chi connectivity index (χ1) is 9.06. The molecule has 0 unspecified atom stereocenters. The predicted octanol–water partition coefficient (Wildman–Crippen LogP) is 2.61. The Labute approximate surface area is 123 Å². The molecule has 0 radical (unpaired) electrons. The van der Waals surface area contributed by atoms with Gasteiger partial charge in [-0.2, -0.15) is 5.10 Å². The molecule has 0 fully saturated rings. The first-order valence-corrected chi connectivity index (χ1v) is 6.25. The Morgan fingerprint density at radius 1 is 1.11 bits per heavy atom. The van der Waals surface area contributed by atoms with E-state index >= 15 is 0 Å². The number of halogens is 1. The summed E-state index contributed by atoms with van der Waals surface area (Å²) in [5.74, 6) is -0.498. The second kappa shape index (κ2) is 9.38. The quantitative estimate of drug-likeness (QED) is 0.260. The molecule has 0 heterocycles. The van der Waals surface area contributed by atoms with Crippen LogP contribution in [0.15, 0.2) is 39.6 Å². The summed E-state index contributed by atoms with van der Waals surface area (Å²) in [7, 11) is 4.20. The van der Waals surface area contributed by atoms with Crippen molar-refractivity contribution in [1.82, 2.24) is 0 Å². The number of para-hydroxylation sites is 1. The minimum atomic E-state index is -0.409. The summed E-state index contributed by atoms with van der Waals surface area (Å²) in [6, 6.07) is 6.21. The second-order valence-corrected chi connectivity index (χ2v) is 3.31. The van der Waals surface area contributed by atoms with Gasteiger partial charge in [0.15, 0.2) is 0 Å². The van der Waals surface area contributed by atoms with E-state index < -0.39 is 5.90 Å². The molecule has 0 spiro atoms. The molecule has 0 aliphatic rings. The zero-order chi connectivity index (χ0) is 14.8. The monoisotopic (exact) mass is 333 g/mol. The fourth-order valence-corrected chi connectivity index (χ4v) is 0.984. The molecule has 3 N–H and O–H groups in total. The molecular formula is C11H13ClCuN3O3. The summed E-state index contributed by atoms with van der Waals surface area (Å²) in [5.41, 5.74) is 0.830. The van der Waals surface area contributed by atoms with Crippen LogP contribution >= 0.6 is 10.1 Å². The molecule has 19 heavy (non-hydrogen) atoms. The van der Waals surface area contributed by atoms with Crippen LogP contribution in [0.3, 0.4) is 0 Å². The van der Waals surface area contributed by atoms with Crippen molar-refractivity contribution >= 4 is 27.4 Å². The summed E-state index contributed by atoms with van der Waals surface area (Å²) in [6.45, 7) is 3.13. The van der Waals surface area contributed by atoms with Crippen LogP contribution in [-0.4, -0.2) is 32.7 Å². The first-order valence-electron chi connectivity index (χ1n) is 4.96. The Balaban J connectivity index is 0.00000154. The molecule has 0 amide bonds. The van der Waals surface area contributed by atoms with Crippen LogP contribution in [0, 0.1) is 0 Å². The Morgan fingerprint density at radius 3 is 2.21 bits per heavy atom. The average molecular weight is 334 g/mol. The van der Waals surface area contributed by atoms with Gasteiger partial charge < -0.3 is 15.4 Å². The topological polar surface area (TPSA) is 97.8 Å². The molecule has 8 heteroatoms. The number of hydrogen-bond donors (Lipinski definition) is 3. The number of aliphatic hydroxyl groups excluding tert-OH is 1. The number of phenols is 1. The van der Waals surface area contributed by atoms with E-state index in [1.54, 1.807) is 26.0 Å². The van der Waals surface area contributed by atoms with E-state index in [-0.39, 0.29) is 11.3 Å². The van der Waals surface area contributed by atoms with Gasteiger partial charge in [-0.15, -0.1) is 5.10 Å². The zero-order valence-corrected chi connectivity index (χ0v) is 11.9. The van der Waals surface area contributed by atoms with Crippen molar-refractivity contribution in [3.63, 3.8) is 0 Å². The number of oxime groups is 1. The van der Waals surface area contributed by atoms with Gasteiger partial charge in [-0.3, -0.25) is 0 Å². The van der Waals surface area contributed by atoms with Crippen molar-refractivity contribution in [3.8, 4) is 5.75 Å². The number of phenolic OH excluding ortho intramolecular Hbond substituents is 1. The molecule has 0 bridgehead atoms. The number of nitrogens with zero attached hydrogens (tertiary/aromatic N) is 3. The van der Waals surface area contributed by atoms with E-state index in [9.17, 15) is 10.2 Å². The molecule has 0 atom stereocenters. The van der Waals surface area contributed by atoms with Crippen LogP contribution < -0.4 is 0 Å². The Hall–Kier alpha value is -1.56. The molecule has 0 aliphatic heterocycles. The maximum absolute atomic E-state index is 9.59. The van der Waals surface area contributed by atoms with E-state index in [0.29, 0.717) is 11.4 Å². The van der Waals surface area contributed by atoms with Crippen molar-refractivity contribution in [2.24, 2.45) is 15.4 Å². The van der Waals surface area contributed by atoms with Crippen molar-refractivity contribution in [2.45, 2.75) is 13.8 Å². The van der Waals surface area contributed by atoms with Crippen LogP contribution in [0.2, 0.25) is 0 Å². The Bertz CT molecular complexity index is 504. The number of benzene rings is 1. The standard InChI is InChI=1S/C11H13N3O3.ClH.Cu/c1-7(8(2)14-17)12-13-11(16)9-5-3-4-6-10(9)15;;/h3-6,15,17H,1-2H3,(H,13,16);1H;/q;;+1/p-1. The van der Waals surface area contributed by atoms with Gasteiger partial charge in [0, 0.05) is 0 Å². The van der Waals surface area contributed by atoms with Gasteiger partial charge in [-0.05, 0) is 26.0 Å². The molecule has 1 rings (SSSR count). The number of rotatable bonds is 3. The molecule has 0 saturated carbocycles. The van der Waals surface area contributed by atoms with Crippen molar-refractivity contribution < 1.29 is 30.5 Å². The van der Waals surface area contributed by atoms with Gasteiger partial charge in [0.2, 0.25) is 5.90 Å². The van der Waals surface area contributed by atoms with Crippen LogP contribution in [0.1, 0.15) is 19.4 Å². The van der Waals surface area contributed by atoms with E-state index in [4.69, 9.17) is 5.21 Å². The summed E-state index contributed by atoms with van der Waals surface area (Å²) in [4.78, 5) is 0. The van der Waals surface area contributed by atoms with Crippen LogP contribution in [0.25, 0.3) is 0 Å². The molecule has 1 aromatic rings. The van der Waals surface area contributed by atoms with Gasteiger partial charge in [0.1, 0.15) is 5.75 Å². The van der Waals surface area contributed by atoms with E-state index in [2.05, 4.69) is 40.6 Å². The Morgan fingerprint density at radius 2 is 1.68 bits per heavy atom. The predicted molar refractivity (Wildman–Crippen MR) is 71.1 cm³/mol. The molecule has 0 aliphatic carbocycles.